The number of fused-ring (bicyclic) bond motifs is 1. The molecule has 0 amide bonds. The monoisotopic (exact) mass is 419 g/mol. The Labute approximate surface area is 175 Å². The van der Waals surface area contributed by atoms with Crippen molar-refractivity contribution in [1.82, 2.24) is 14.6 Å². The normalized spacial score (nSPS) is 11.6. The van der Waals surface area contributed by atoms with Crippen molar-refractivity contribution in [2.75, 3.05) is 6.61 Å². The van der Waals surface area contributed by atoms with E-state index in [0.29, 0.717) is 27.7 Å². The van der Waals surface area contributed by atoms with Gasteiger partial charge < -0.3 is 9.47 Å². The zero-order valence-electron chi connectivity index (χ0n) is 16.1. The first-order valence-corrected chi connectivity index (χ1v) is 9.89. The number of thiazole rings is 1. The molecule has 150 valence electrons. The van der Waals surface area contributed by atoms with Crippen LogP contribution in [-0.4, -0.2) is 27.2 Å². The van der Waals surface area contributed by atoms with E-state index in [0.717, 1.165) is 16.9 Å². The summed E-state index contributed by atoms with van der Waals surface area (Å²) < 4.78 is 12.3. The summed E-state index contributed by atoms with van der Waals surface area (Å²) in [5, 5.41) is 4.35. The van der Waals surface area contributed by atoms with Gasteiger partial charge in [0.15, 0.2) is 5.82 Å². The molecule has 0 saturated carbocycles. The zero-order chi connectivity index (χ0) is 21.1. The van der Waals surface area contributed by atoms with E-state index in [1.165, 1.54) is 22.8 Å². The fourth-order valence-electron chi connectivity index (χ4n) is 2.80. The molecular formula is C22H17N3O4S. The smallest absolute Gasteiger partial charge is 0.308 e. The van der Waals surface area contributed by atoms with Crippen LogP contribution in [0, 0.1) is 0 Å². The number of hydrogen-bond acceptors (Lipinski definition) is 7. The molecule has 4 rings (SSSR count). The Hall–Kier alpha value is -3.78. The van der Waals surface area contributed by atoms with Gasteiger partial charge >= 0.3 is 5.97 Å². The molecule has 0 unspecified atom stereocenters. The summed E-state index contributed by atoms with van der Waals surface area (Å²) in [7, 11) is 0. The molecule has 2 aromatic carbocycles. The van der Waals surface area contributed by atoms with E-state index in [1.807, 2.05) is 30.3 Å². The Kier molecular flexibility index (Phi) is 5.40. The maximum Gasteiger partial charge on any atom is 0.308 e. The van der Waals surface area contributed by atoms with Gasteiger partial charge in [-0.15, -0.1) is 5.10 Å². The SMILES string of the molecule is C=CCOc1ccc(-c2nc3sc(=Cc4cccc(OC(C)=O)c4)c(=O)n3n2)cc1. The number of hydrogen-bond donors (Lipinski definition) is 0. The van der Waals surface area contributed by atoms with E-state index < -0.39 is 5.97 Å². The second kappa shape index (κ2) is 8.30. The molecule has 0 fully saturated rings. The number of rotatable bonds is 6. The highest BCUT2D eigenvalue weighted by Crippen LogP contribution is 2.20. The van der Waals surface area contributed by atoms with Crippen LogP contribution in [0.5, 0.6) is 11.5 Å². The van der Waals surface area contributed by atoms with Crippen molar-refractivity contribution < 1.29 is 14.3 Å². The van der Waals surface area contributed by atoms with Crippen molar-refractivity contribution in [3.05, 3.63) is 81.6 Å². The summed E-state index contributed by atoms with van der Waals surface area (Å²) in [6.07, 6.45) is 3.40. The maximum absolute atomic E-state index is 12.7. The van der Waals surface area contributed by atoms with Crippen molar-refractivity contribution in [2.45, 2.75) is 6.92 Å². The van der Waals surface area contributed by atoms with Gasteiger partial charge in [0, 0.05) is 12.5 Å². The number of carbonyl (C=O) groups excluding carboxylic acids is 1. The van der Waals surface area contributed by atoms with E-state index in [1.54, 1.807) is 30.4 Å². The molecule has 0 N–H and O–H groups in total. The minimum atomic E-state index is -0.400. The largest absolute Gasteiger partial charge is 0.490 e. The van der Waals surface area contributed by atoms with Gasteiger partial charge in [-0.05, 0) is 48.0 Å². The highest BCUT2D eigenvalue weighted by molar-refractivity contribution is 7.15. The highest BCUT2D eigenvalue weighted by Gasteiger charge is 2.12. The van der Waals surface area contributed by atoms with E-state index in [-0.39, 0.29) is 5.56 Å². The molecule has 0 aliphatic heterocycles. The topological polar surface area (TPSA) is 82.8 Å². The molecule has 0 bridgehead atoms. The molecule has 2 aromatic heterocycles. The first kappa shape index (κ1) is 19.5. The van der Waals surface area contributed by atoms with E-state index in [2.05, 4.69) is 16.7 Å². The van der Waals surface area contributed by atoms with Crippen molar-refractivity contribution in [2.24, 2.45) is 0 Å². The van der Waals surface area contributed by atoms with Crippen molar-refractivity contribution in [1.29, 1.82) is 0 Å². The number of nitrogens with zero attached hydrogens (tertiary/aromatic N) is 3. The third kappa shape index (κ3) is 4.13. The van der Waals surface area contributed by atoms with E-state index in [4.69, 9.17) is 9.47 Å². The molecule has 8 heteroatoms. The van der Waals surface area contributed by atoms with E-state index >= 15 is 0 Å². The molecule has 0 radical (unpaired) electrons. The summed E-state index contributed by atoms with van der Waals surface area (Å²) in [6, 6.07) is 14.3. The van der Waals surface area contributed by atoms with Crippen LogP contribution in [0.4, 0.5) is 0 Å². The Balaban J connectivity index is 1.64. The lowest BCUT2D eigenvalue weighted by molar-refractivity contribution is -0.131. The molecule has 0 aliphatic carbocycles. The van der Waals surface area contributed by atoms with Gasteiger partial charge in [-0.2, -0.15) is 9.50 Å². The minimum absolute atomic E-state index is 0.252. The summed E-state index contributed by atoms with van der Waals surface area (Å²) in [5.41, 5.74) is 1.28. The lowest BCUT2D eigenvalue weighted by Crippen LogP contribution is -2.23. The number of ether oxygens (including phenoxy) is 2. The van der Waals surface area contributed by atoms with Gasteiger partial charge in [-0.3, -0.25) is 9.59 Å². The lowest BCUT2D eigenvalue weighted by Gasteiger charge is -2.02. The predicted molar refractivity (Wildman–Crippen MR) is 115 cm³/mol. The number of carbonyl (C=O) groups is 1. The molecule has 0 atom stereocenters. The summed E-state index contributed by atoms with van der Waals surface area (Å²) in [6.45, 7) is 5.39. The summed E-state index contributed by atoms with van der Waals surface area (Å²) >= 11 is 1.25. The predicted octanol–water partition coefficient (Wildman–Crippen LogP) is 2.86. The molecule has 4 aromatic rings. The van der Waals surface area contributed by atoms with Crippen LogP contribution in [0.2, 0.25) is 0 Å². The first-order chi connectivity index (χ1) is 14.5. The van der Waals surface area contributed by atoms with Crippen LogP contribution >= 0.6 is 11.3 Å². The molecule has 7 nitrogen and oxygen atoms in total. The van der Waals surface area contributed by atoms with Gasteiger partial charge in [0.2, 0.25) is 4.96 Å². The third-order valence-corrected chi connectivity index (χ3v) is 5.04. The maximum atomic E-state index is 12.7. The standard InChI is InChI=1S/C22H17N3O4S/c1-3-11-28-17-9-7-16(8-10-17)20-23-22-25(24-20)21(27)19(30-22)13-15-5-4-6-18(12-15)29-14(2)26/h3-10,12-13H,1,11H2,2H3. The van der Waals surface area contributed by atoms with Crippen molar-refractivity contribution in [3.8, 4) is 22.9 Å². The Morgan fingerprint density at radius 3 is 2.70 bits per heavy atom. The summed E-state index contributed by atoms with van der Waals surface area (Å²) in [4.78, 5) is 28.8. The Bertz CT molecular complexity index is 1340. The van der Waals surface area contributed by atoms with Gasteiger partial charge in [-0.25, -0.2) is 0 Å². The Morgan fingerprint density at radius 2 is 2.00 bits per heavy atom. The van der Waals surface area contributed by atoms with Crippen molar-refractivity contribution >= 4 is 28.3 Å². The van der Waals surface area contributed by atoms with Crippen LogP contribution in [-0.2, 0) is 4.79 Å². The fraction of sp³-hybridized carbons (Fsp3) is 0.0909. The number of benzene rings is 2. The number of esters is 1. The minimum Gasteiger partial charge on any atom is -0.490 e. The van der Waals surface area contributed by atoms with Crippen LogP contribution in [0.15, 0.2) is 66.0 Å². The van der Waals surface area contributed by atoms with E-state index in [9.17, 15) is 9.59 Å². The van der Waals surface area contributed by atoms with Crippen LogP contribution < -0.4 is 19.6 Å². The lowest BCUT2D eigenvalue weighted by atomic mass is 10.2. The second-order valence-corrected chi connectivity index (χ2v) is 7.34. The van der Waals surface area contributed by atoms with Gasteiger partial charge in [0.25, 0.3) is 5.56 Å². The second-order valence-electron chi connectivity index (χ2n) is 6.34. The van der Waals surface area contributed by atoms with Crippen LogP contribution in [0.3, 0.4) is 0 Å². The molecule has 0 saturated heterocycles. The molecule has 30 heavy (non-hydrogen) atoms. The Morgan fingerprint density at radius 1 is 1.20 bits per heavy atom. The fourth-order valence-corrected chi connectivity index (χ4v) is 3.70. The van der Waals surface area contributed by atoms with Gasteiger partial charge in [-0.1, -0.05) is 36.1 Å². The van der Waals surface area contributed by atoms with Gasteiger partial charge in [0.1, 0.15) is 18.1 Å². The average molecular weight is 419 g/mol. The van der Waals surface area contributed by atoms with Crippen molar-refractivity contribution in [3.63, 3.8) is 0 Å². The molecule has 2 heterocycles. The zero-order valence-corrected chi connectivity index (χ0v) is 16.9. The highest BCUT2D eigenvalue weighted by atomic mass is 32.1. The molecular weight excluding hydrogens is 402 g/mol. The average Bonchev–Trinajstić information content (AvgIpc) is 3.26. The molecule has 0 spiro atoms. The number of aromatic nitrogens is 3. The van der Waals surface area contributed by atoms with Crippen LogP contribution in [0.1, 0.15) is 12.5 Å². The quantitative estimate of drug-likeness (QED) is 0.272. The first-order valence-electron chi connectivity index (χ1n) is 9.07. The van der Waals surface area contributed by atoms with Gasteiger partial charge in [0.05, 0.1) is 4.53 Å². The van der Waals surface area contributed by atoms with Crippen LogP contribution in [0.25, 0.3) is 22.4 Å². The molecule has 0 aliphatic rings. The third-order valence-electron chi connectivity index (χ3n) is 4.08. The summed E-state index contributed by atoms with van der Waals surface area (Å²) in [5.74, 6) is 1.21.